The number of rotatable bonds is 8. The fraction of sp³-hybridized carbons (Fsp3) is 0.154. The number of amidine groups is 1. The highest BCUT2D eigenvalue weighted by Gasteiger charge is 2.24. The first-order chi connectivity index (χ1) is 16.1. The molecule has 0 aliphatic carbocycles. The van der Waals surface area contributed by atoms with Crippen LogP contribution in [0.1, 0.15) is 62.7 Å². The lowest BCUT2D eigenvalue weighted by atomic mass is 9.93. The number of carboxylic acid groups (broad SMARTS) is 1. The van der Waals surface area contributed by atoms with Crippen LogP contribution in [0.5, 0.6) is 0 Å². The lowest BCUT2D eigenvalue weighted by Gasteiger charge is -2.17. The minimum atomic E-state index is -1.14. The van der Waals surface area contributed by atoms with Gasteiger partial charge in [-0.25, -0.2) is 0 Å². The summed E-state index contributed by atoms with van der Waals surface area (Å²) in [4.78, 5) is 38.0. The van der Waals surface area contributed by atoms with E-state index in [1.807, 2.05) is 26.0 Å². The average Bonchev–Trinajstić information content (AvgIpc) is 2.80. The number of anilines is 2. The van der Waals surface area contributed by atoms with E-state index in [0.29, 0.717) is 17.0 Å². The highest BCUT2D eigenvalue weighted by atomic mass is 35.5. The van der Waals surface area contributed by atoms with Gasteiger partial charge in [0.05, 0.1) is 23.4 Å². The Bertz CT molecular complexity index is 1290. The number of nitrogens with two attached hydrogens (primary N) is 2. The minimum Gasteiger partial charge on any atom is -0.481 e. The van der Waals surface area contributed by atoms with Crippen LogP contribution >= 0.6 is 12.4 Å². The van der Waals surface area contributed by atoms with Crippen LogP contribution in [-0.2, 0) is 11.2 Å². The van der Waals surface area contributed by atoms with Crippen molar-refractivity contribution in [3.05, 3.63) is 94.0 Å². The summed E-state index contributed by atoms with van der Waals surface area (Å²) in [6.45, 7) is 4.09. The van der Waals surface area contributed by atoms with Crippen LogP contribution in [0.4, 0.5) is 11.4 Å². The molecule has 0 radical (unpaired) electrons. The van der Waals surface area contributed by atoms with Crippen LogP contribution in [0.3, 0.4) is 0 Å². The fourth-order valence-corrected chi connectivity index (χ4v) is 3.54. The largest absolute Gasteiger partial charge is 0.481 e. The van der Waals surface area contributed by atoms with E-state index >= 15 is 0 Å². The van der Waals surface area contributed by atoms with Gasteiger partial charge >= 0.3 is 5.97 Å². The first kappa shape index (κ1) is 27.1. The van der Waals surface area contributed by atoms with Crippen molar-refractivity contribution in [3.8, 4) is 0 Å². The van der Waals surface area contributed by atoms with Gasteiger partial charge in [0.1, 0.15) is 5.84 Å². The molecule has 0 saturated carbocycles. The number of nitrogens with one attached hydrogen (secondary N) is 2. The molecule has 0 atom stereocenters. The quantitative estimate of drug-likeness (QED) is 0.136. The van der Waals surface area contributed by atoms with Crippen molar-refractivity contribution in [1.29, 1.82) is 5.41 Å². The number of carbonyl (C=O) groups is 3. The van der Waals surface area contributed by atoms with E-state index in [9.17, 15) is 19.5 Å². The molecular formula is C26H27ClN4O4. The summed E-state index contributed by atoms with van der Waals surface area (Å²) in [5.41, 5.74) is 14.0. The van der Waals surface area contributed by atoms with E-state index in [0.717, 1.165) is 5.56 Å². The Kier molecular flexibility index (Phi) is 8.75. The molecule has 0 bridgehead atoms. The molecular weight excluding hydrogens is 468 g/mol. The van der Waals surface area contributed by atoms with Gasteiger partial charge < -0.3 is 21.9 Å². The second-order valence-electron chi connectivity index (χ2n) is 8.19. The summed E-state index contributed by atoms with van der Waals surface area (Å²) < 4.78 is 0. The predicted molar refractivity (Wildman–Crippen MR) is 139 cm³/mol. The number of hydrogen-bond acceptors (Lipinski definition) is 5. The van der Waals surface area contributed by atoms with E-state index in [4.69, 9.17) is 16.9 Å². The van der Waals surface area contributed by atoms with Gasteiger partial charge in [-0.2, -0.15) is 0 Å². The third-order valence-electron chi connectivity index (χ3n) is 5.41. The zero-order valence-corrected chi connectivity index (χ0v) is 20.1. The maximum Gasteiger partial charge on any atom is 0.307 e. The molecule has 0 fully saturated rings. The molecule has 0 aliphatic heterocycles. The van der Waals surface area contributed by atoms with Gasteiger partial charge in [0, 0.05) is 16.7 Å². The topological polar surface area (TPSA) is 159 Å². The molecule has 3 rings (SSSR count). The van der Waals surface area contributed by atoms with Gasteiger partial charge in [-0.1, -0.05) is 50.2 Å². The molecule has 0 spiro atoms. The average molecular weight is 495 g/mol. The molecule has 7 N–H and O–H groups in total. The van der Waals surface area contributed by atoms with Gasteiger partial charge in [0.15, 0.2) is 5.78 Å². The second kappa shape index (κ2) is 11.3. The summed E-state index contributed by atoms with van der Waals surface area (Å²) in [6, 6.07) is 16.1. The Hall–Kier alpha value is -4.17. The first-order valence-electron chi connectivity index (χ1n) is 10.6. The minimum absolute atomic E-state index is 0. The Morgan fingerprint density at radius 1 is 0.971 bits per heavy atom. The van der Waals surface area contributed by atoms with Crippen LogP contribution in [0, 0.1) is 5.41 Å². The first-order valence-corrected chi connectivity index (χ1v) is 10.6. The standard InChI is InChI=1S/C26H26N4O4.ClH/c1-14(2)15-6-8-16(9-7-15)26(34)30-23-20(27)11-10-17(13-21(31)32)22(23)24(33)18-4-3-5-19(12-18)25(28)29;/h3-12,14H,13,27H2,1-2H3,(H3,28,29)(H,30,34)(H,31,32);1H. The van der Waals surface area contributed by atoms with Crippen molar-refractivity contribution in [2.75, 3.05) is 11.1 Å². The van der Waals surface area contributed by atoms with Crippen LogP contribution in [0.15, 0.2) is 60.7 Å². The van der Waals surface area contributed by atoms with Crippen molar-refractivity contribution in [1.82, 2.24) is 0 Å². The number of hydrogen-bond donors (Lipinski definition) is 5. The summed E-state index contributed by atoms with van der Waals surface area (Å²) in [7, 11) is 0. The Morgan fingerprint density at radius 2 is 1.60 bits per heavy atom. The third-order valence-corrected chi connectivity index (χ3v) is 5.41. The predicted octanol–water partition coefficient (Wildman–Crippen LogP) is 4.21. The zero-order chi connectivity index (χ0) is 25.0. The maximum atomic E-state index is 13.5. The number of carbonyl (C=O) groups excluding carboxylic acids is 2. The molecule has 182 valence electrons. The molecule has 0 aliphatic rings. The summed E-state index contributed by atoms with van der Waals surface area (Å²) in [5.74, 6) is -2.09. The maximum absolute atomic E-state index is 13.5. The Morgan fingerprint density at radius 3 is 2.17 bits per heavy atom. The van der Waals surface area contributed by atoms with Crippen LogP contribution in [0.25, 0.3) is 0 Å². The van der Waals surface area contributed by atoms with Gasteiger partial charge in [-0.15, -0.1) is 12.4 Å². The number of amides is 1. The Balaban J connectivity index is 0.00000432. The Labute approximate surface area is 209 Å². The lowest BCUT2D eigenvalue weighted by molar-refractivity contribution is -0.136. The van der Waals surface area contributed by atoms with Crippen molar-refractivity contribution in [3.63, 3.8) is 0 Å². The molecule has 8 nitrogen and oxygen atoms in total. The van der Waals surface area contributed by atoms with E-state index in [2.05, 4.69) is 5.32 Å². The third kappa shape index (κ3) is 6.24. The lowest BCUT2D eigenvalue weighted by Crippen LogP contribution is -2.19. The molecule has 1 amide bonds. The molecule has 9 heteroatoms. The number of nitrogen functional groups attached to an aromatic ring is 2. The summed E-state index contributed by atoms with van der Waals surface area (Å²) >= 11 is 0. The highest BCUT2D eigenvalue weighted by Crippen LogP contribution is 2.31. The van der Waals surface area contributed by atoms with E-state index in [1.54, 1.807) is 24.3 Å². The van der Waals surface area contributed by atoms with Crippen LogP contribution < -0.4 is 16.8 Å². The van der Waals surface area contributed by atoms with Crippen molar-refractivity contribution in [2.45, 2.75) is 26.2 Å². The van der Waals surface area contributed by atoms with Crippen molar-refractivity contribution >= 4 is 47.3 Å². The van der Waals surface area contributed by atoms with Gasteiger partial charge in [-0.3, -0.25) is 19.8 Å². The molecule has 3 aromatic rings. The highest BCUT2D eigenvalue weighted by molar-refractivity contribution is 6.18. The van der Waals surface area contributed by atoms with E-state index in [-0.39, 0.29) is 46.3 Å². The SMILES string of the molecule is CC(C)c1ccc(C(=O)Nc2c(N)ccc(CC(=O)O)c2C(=O)c2cccc(C(=N)N)c2)cc1.Cl. The molecule has 0 aromatic heterocycles. The van der Waals surface area contributed by atoms with E-state index < -0.39 is 24.1 Å². The molecule has 0 unspecified atom stereocenters. The van der Waals surface area contributed by atoms with Gasteiger partial charge in [-0.05, 0) is 41.3 Å². The second-order valence-corrected chi connectivity index (χ2v) is 8.19. The molecule has 0 saturated heterocycles. The molecule has 35 heavy (non-hydrogen) atoms. The van der Waals surface area contributed by atoms with Crippen molar-refractivity contribution in [2.24, 2.45) is 5.73 Å². The summed E-state index contributed by atoms with van der Waals surface area (Å²) in [5, 5.41) is 19.7. The number of halogens is 1. The van der Waals surface area contributed by atoms with Crippen molar-refractivity contribution < 1.29 is 19.5 Å². The smallest absolute Gasteiger partial charge is 0.307 e. The van der Waals surface area contributed by atoms with Gasteiger partial charge in [0.2, 0.25) is 0 Å². The summed E-state index contributed by atoms with van der Waals surface area (Å²) in [6.07, 6.45) is -0.445. The normalized spacial score (nSPS) is 10.4. The molecule has 3 aromatic carbocycles. The van der Waals surface area contributed by atoms with Gasteiger partial charge in [0.25, 0.3) is 5.91 Å². The number of carboxylic acids is 1. The zero-order valence-electron chi connectivity index (χ0n) is 19.3. The number of aliphatic carboxylic acids is 1. The van der Waals surface area contributed by atoms with Crippen LogP contribution in [-0.4, -0.2) is 28.6 Å². The fourth-order valence-electron chi connectivity index (χ4n) is 3.54. The van der Waals surface area contributed by atoms with Crippen LogP contribution in [0.2, 0.25) is 0 Å². The number of benzene rings is 3. The van der Waals surface area contributed by atoms with E-state index in [1.165, 1.54) is 24.3 Å². The molecule has 0 heterocycles. The monoisotopic (exact) mass is 494 g/mol. The number of ketones is 1.